The zero-order valence-corrected chi connectivity index (χ0v) is 8.41. The van der Waals surface area contributed by atoms with Crippen LogP contribution in [0.15, 0.2) is 17.0 Å². The van der Waals surface area contributed by atoms with Crippen LogP contribution in [-0.4, -0.2) is 13.4 Å². The molecule has 0 aliphatic carbocycles. The third-order valence-electron chi connectivity index (χ3n) is 1.27. The second kappa shape index (κ2) is 3.20. The number of aromatic nitrogens is 1. The third kappa shape index (κ3) is 2.09. The molecule has 1 aromatic heterocycles. The summed E-state index contributed by atoms with van der Waals surface area (Å²) in [5.41, 5.74) is 0.303. The normalized spacial score (nSPS) is 11.6. The van der Waals surface area contributed by atoms with Crippen molar-refractivity contribution in [2.45, 2.75) is 11.8 Å². The van der Waals surface area contributed by atoms with E-state index in [0.717, 1.165) is 0 Å². The zero-order chi connectivity index (χ0) is 9.35. The van der Waals surface area contributed by atoms with Crippen LogP contribution in [0, 0.1) is 6.92 Å². The Labute approximate surface area is 79.8 Å². The van der Waals surface area contributed by atoms with Crippen LogP contribution in [0.1, 0.15) is 5.69 Å². The van der Waals surface area contributed by atoms with Gasteiger partial charge in [0.15, 0.2) is 0 Å². The molecule has 1 rings (SSSR count). The Morgan fingerprint density at radius 3 is 2.42 bits per heavy atom. The van der Waals surface area contributed by atoms with Crippen LogP contribution in [0.25, 0.3) is 0 Å². The Kier molecular flexibility index (Phi) is 2.61. The van der Waals surface area contributed by atoms with Crippen molar-refractivity contribution in [2.75, 3.05) is 0 Å². The maximum absolute atomic E-state index is 10.8. The molecule has 0 fully saturated rings. The van der Waals surface area contributed by atoms with Gasteiger partial charge in [0, 0.05) is 10.7 Å². The van der Waals surface area contributed by atoms with E-state index in [4.69, 9.17) is 22.3 Å². The maximum atomic E-state index is 10.8. The van der Waals surface area contributed by atoms with Gasteiger partial charge in [-0.1, -0.05) is 11.6 Å². The molecule has 0 N–H and O–H groups in total. The first-order valence-corrected chi connectivity index (χ1v) is 5.68. The maximum Gasteiger partial charge on any atom is 0.263 e. The lowest BCUT2D eigenvalue weighted by Crippen LogP contribution is -1.96. The molecule has 3 nitrogen and oxygen atoms in total. The Hall–Kier alpha value is -0.320. The molecular formula is C6H5Cl2NO2S. The molecule has 0 saturated carbocycles. The highest BCUT2D eigenvalue weighted by molar-refractivity contribution is 8.13. The van der Waals surface area contributed by atoms with Gasteiger partial charge in [-0.25, -0.2) is 13.4 Å². The lowest BCUT2D eigenvalue weighted by Gasteiger charge is -1.99. The van der Waals surface area contributed by atoms with E-state index in [2.05, 4.69) is 4.98 Å². The summed E-state index contributed by atoms with van der Waals surface area (Å²) in [6, 6.07) is 2.71. The molecular weight excluding hydrogens is 221 g/mol. The average molecular weight is 226 g/mol. The van der Waals surface area contributed by atoms with Gasteiger partial charge in [0.25, 0.3) is 9.05 Å². The van der Waals surface area contributed by atoms with Crippen molar-refractivity contribution in [1.82, 2.24) is 4.98 Å². The molecule has 1 heterocycles. The molecule has 0 aliphatic heterocycles. The van der Waals surface area contributed by atoms with E-state index in [1.165, 1.54) is 19.1 Å². The smallest absolute Gasteiger partial charge is 0.240 e. The first kappa shape index (κ1) is 9.77. The van der Waals surface area contributed by atoms with Gasteiger partial charge in [-0.15, -0.1) is 0 Å². The molecule has 0 aromatic carbocycles. The Morgan fingerprint density at radius 2 is 2.00 bits per heavy atom. The van der Waals surface area contributed by atoms with Crippen molar-refractivity contribution < 1.29 is 8.42 Å². The van der Waals surface area contributed by atoms with Crippen molar-refractivity contribution in [3.05, 3.63) is 23.0 Å². The molecule has 1 aromatic rings. The highest BCUT2D eigenvalue weighted by atomic mass is 35.7. The lowest BCUT2D eigenvalue weighted by atomic mass is 10.4. The molecule has 12 heavy (non-hydrogen) atoms. The third-order valence-corrected chi connectivity index (χ3v) is 2.93. The van der Waals surface area contributed by atoms with Crippen molar-refractivity contribution in [3.8, 4) is 0 Å². The minimum absolute atomic E-state index is 0.00596. The van der Waals surface area contributed by atoms with Gasteiger partial charge in [-0.2, -0.15) is 0 Å². The van der Waals surface area contributed by atoms with Crippen molar-refractivity contribution in [1.29, 1.82) is 0 Å². The Morgan fingerprint density at radius 1 is 1.42 bits per heavy atom. The van der Waals surface area contributed by atoms with E-state index in [-0.39, 0.29) is 10.0 Å². The second-order valence-corrected chi connectivity index (χ2v) is 5.08. The monoisotopic (exact) mass is 225 g/mol. The van der Waals surface area contributed by atoms with E-state index in [9.17, 15) is 8.42 Å². The van der Waals surface area contributed by atoms with Crippen LogP contribution in [-0.2, 0) is 9.05 Å². The number of hydrogen-bond donors (Lipinski definition) is 0. The van der Waals surface area contributed by atoms with E-state index >= 15 is 0 Å². The van der Waals surface area contributed by atoms with Crippen LogP contribution in [0.3, 0.4) is 0 Å². The quantitative estimate of drug-likeness (QED) is 0.543. The minimum Gasteiger partial charge on any atom is -0.240 e. The van der Waals surface area contributed by atoms with E-state index in [1.54, 1.807) is 0 Å². The van der Waals surface area contributed by atoms with Crippen LogP contribution in [0.4, 0.5) is 0 Å². The summed E-state index contributed by atoms with van der Waals surface area (Å²) in [6.07, 6.45) is 0. The van der Waals surface area contributed by atoms with Gasteiger partial charge >= 0.3 is 0 Å². The van der Waals surface area contributed by atoms with Gasteiger partial charge in [0.1, 0.15) is 10.0 Å². The van der Waals surface area contributed by atoms with Crippen molar-refractivity contribution in [2.24, 2.45) is 0 Å². The number of aryl methyl sites for hydroxylation is 1. The predicted molar refractivity (Wildman–Crippen MR) is 47.0 cm³/mol. The molecule has 0 atom stereocenters. The molecule has 0 saturated heterocycles. The SMILES string of the molecule is Cc1nc(Cl)ccc1S(=O)(=O)Cl. The number of nitrogens with zero attached hydrogens (tertiary/aromatic N) is 1. The molecule has 0 bridgehead atoms. The summed E-state index contributed by atoms with van der Waals surface area (Å²) in [4.78, 5) is 3.74. The molecule has 0 unspecified atom stereocenters. The zero-order valence-electron chi connectivity index (χ0n) is 6.08. The molecule has 0 amide bonds. The summed E-state index contributed by atoms with van der Waals surface area (Å²) in [5, 5.41) is 0.247. The largest absolute Gasteiger partial charge is 0.263 e. The molecule has 0 aliphatic rings. The topological polar surface area (TPSA) is 47.0 Å². The fourth-order valence-electron chi connectivity index (χ4n) is 0.775. The number of rotatable bonds is 1. The molecule has 0 spiro atoms. The second-order valence-electron chi connectivity index (χ2n) is 2.16. The predicted octanol–water partition coefficient (Wildman–Crippen LogP) is 1.97. The highest BCUT2D eigenvalue weighted by Gasteiger charge is 2.13. The fourth-order valence-corrected chi connectivity index (χ4v) is 2.08. The van der Waals surface area contributed by atoms with Crippen LogP contribution in [0.5, 0.6) is 0 Å². The van der Waals surface area contributed by atoms with E-state index in [1.807, 2.05) is 0 Å². The lowest BCUT2D eigenvalue weighted by molar-refractivity contribution is 0.608. The average Bonchev–Trinajstić information content (AvgIpc) is 1.83. The summed E-state index contributed by atoms with van der Waals surface area (Å²) >= 11 is 5.52. The number of hydrogen-bond acceptors (Lipinski definition) is 3. The van der Waals surface area contributed by atoms with E-state index < -0.39 is 9.05 Å². The summed E-state index contributed by atoms with van der Waals surface area (Å²) in [6.45, 7) is 1.53. The van der Waals surface area contributed by atoms with E-state index in [0.29, 0.717) is 5.69 Å². The first-order valence-electron chi connectivity index (χ1n) is 2.99. The van der Waals surface area contributed by atoms with Crippen molar-refractivity contribution >= 4 is 31.3 Å². The van der Waals surface area contributed by atoms with Gasteiger partial charge in [-0.3, -0.25) is 0 Å². The summed E-state index contributed by atoms with van der Waals surface area (Å²) in [7, 11) is 1.41. The minimum atomic E-state index is -3.70. The number of pyridine rings is 1. The summed E-state index contributed by atoms with van der Waals surface area (Å²) in [5.74, 6) is 0. The highest BCUT2D eigenvalue weighted by Crippen LogP contribution is 2.19. The Balaban J connectivity index is 3.39. The fraction of sp³-hybridized carbons (Fsp3) is 0.167. The Bertz CT molecular complexity index is 402. The van der Waals surface area contributed by atoms with Crippen LogP contribution in [0.2, 0.25) is 5.15 Å². The summed E-state index contributed by atoms with van der Waals surface area (Å²) < 4.78 is 21.7. The first-order chi connectivity index (χ1) is 5.41. The molecule has 6 heteroatoms. The molecule has 66 valence electrons. The van der Waals surface area contributed by atoms with Crippen molar-refractivity contribution in [3.63, 3.8) is 0 Å². The number of halogens is 2. The van der Waals surface area contributed by atoms with Gasteiger partial charge < -0.3 is 0 Å². The van der Waals surface area contributed by atoms with Gasteiger partial charge in [0.2, 0.25) is 0 Å². The van der Waals surface area contributed by atoms with Crippen LogP contribution >= 0.6 is 22.3 Å². The van der Waals surface area contributed by atoms with Gasteiger partial charge in [0.05, 0.1) is 5.69 Å². The van der Waals surface area contributed by atoms with Crippen LogP contribution < -0.4 is 0 Å². The standard InChI is InChI=1S/C6H5Cl2NO2S/c1-4-5(12(8,10)11)2-3-6(7)9-4/h2-3H,1H3. The molecule has 0 radical (unpaired) electrons. The van der Waals surface area contributed by atoms with Gasteiger partial charge in [-0.05, 0) is 19.1 Å².